The molecule has 5 nitrogen and oxygen atoms in total. The minimum absolute atomic E-state index is 0.146. The Labute approximate surface area is 148 Å². The minimum atomic E-state index is -3.56. The number of rotatable bonds is 4. The van der Waals surface area contributed by atoms with Gasteiger partial charge in [0.25, 0.3) is 5.91 Å². The highest BCUT2D eigenvalue weighted by atomic mass is 32.2. The minimum Gasteiger partial charge on any atom is -0.338 e. The lowest BCUT2D eigenvalue weighted by atomic mass is 9.94. The Bertz CT molecular complexity index is 672. The number of sulfonamides is 1. The Morgan fingerprint density at radius 3 is 2.42 bits per heavy atom. The summed E-state index contributed by atoms with van der Waals surface area (Å²) in [5.41, 5.74) is 0. The van der Waals surface area contributed by atoms with Crippen LogP contribution >= 0.6 is 11.3 Å². The van der Waals surface area contributed by atoms with Gasteiger partial charge in [-0.25, -0.2) is 8.42 Å². The zero-order chi connectivity index (χ0) is 17.2. The Kier molecular flexibility index (Phi) is 5.62. The summed E-state index contributed by atoms with van der Waals surface area (Å²) in [6.07, 6.45) is 8.42. The highest BCUT2D eigenvalue weighted by Gasteiger charge is 2.33. The van der Waals surface area contributed by atoms with Crippen LogP contribution in [0, 0.1) is 0 Å². The number of thiophene rings is 1. The van der Waals surface area contributed by atoms with Gasteiger partial charge in [0.05, 0.1) is 0 Å². The molecule has 1 aliphatic carbocycles. The van der Waals surface area contributed by atoms with Crippen molar-refractivity contribution in [3.8, 4) is 0 Å². The average Bonchev–Trinajstić information content (AvgIpc) is 3.12. The lowest BCUT2D eigenvalue weighted by Crippen LogP contribution is -2.40. The third-order valence-electron chi connectivity index (χ3n) is 5.20. The molecule has 1 saturated carbocycles. The second kappa shape index (κ2) is 7.54. The SMILES string of the molecule is CN(C(=O)c1sccc1S(=O)(=O)N1CCCCC1)C1CCCCC1. The van der Waals surface area contributed by atoms with Crippen LogP contribution in [0.5, 0.6) is 0 Å². The van der Waals surface area contributed by atoms with E-state index in [-0.39, 0.29) is 16.8 Å². The molecule has 3 rings (SSSR count). The molecule has 7 heteroatoms. The van der Waals surface area contributed by atoms with Crippen LogP contribution in [0.2, 0.25) is 0 Å². The van der Waals surface area contributed by atoms with Gasteiger partial charge in [-0.05, 0) is 37.1 Å². The summed E-state index contributed by atoms with van der Waals surface area (Å²) in [5.74, 6) is -0.146. The maximum absolute atomic E-state index is 12.9. The van der Waals surface area contributed by atoms with Crippen LogP contribution in [0.25, 0.3) is 0 Å². The molecule has 0 N–H and O–H groups in total. The van der Waals surface area contributed by atoms with Gasteiger partial charge < -0.3 is 4.90 Å². The van der Waals surface area contributed by atoms with Gasteiger partial charge in [-0.2, -0.15) is 4.31 Å². The Morgan fingerprint density at radius 2 is 1.75 bits per heavy atom. The van der Waals surface area contributed by atoms with E-state index in [1.807, 2.05) is 7.05 Å². The standard InChI is InChI=1S/C17H26N2O3S2/c1-18(14-8-4-2-5-9-14)17(20)16-15(10-13-23-16)24(21,22)19-11-6-3-7-12-19/h10,13-14H,2-9,11-12H2,1H3. The molecule has 0 radical (unpaired) electrons. The predicted octanol–water partition coefficient (Wildman–Crippen LogP) is 3.33. The van der Waals surface area contributed by atoms with Crippen LogP contribution in [0.3, 0.4) is 0 Å². The Hall–Kier alpha value is -0.920. The lowest BCUT2D eigenvalue weighted by molar-refractivity contribution is 0.0697. The summed E-state index contributed by atoms with van der Waals surface area (Å²) in [6.45, 7) is 1.12. The van der Waals surface area contributed by atoms with E-state index in [1.165, 1.54) is 22.1 Å². The molecule has 0 bridgehead atoms. The Balaban J connectivity index is 1.82. The molecule has 24 heavy (non-hydrogen) atoms. The number of hydrogen-bond donors (Lipinski definition) is 0. The fraction of sp³-hybridized carbons (Fsp3) is 0.706. The van der Waals surface area contributed by atoms with E-state index >= 15 is 0 Å². The van der Waals surface area contributed by atoms with E-state index in [4.69, 9.17) is 0 Å². The van der Waals surface area contributed by atoms with Crippen molar-refractivity contribution < 1.29 is 13.2 Å². The van der Waals surface area contributed by atoms with Crippen molar-refractivity contribution in [2.75, 3.05) is 20.1 Å². The van der Waals surface area contributed by atoms with Gasteiger partial charge in [0.2, 0.25) is 10.0 Å². The summed E-state index contributed by atoms with van der Waals surface area (Å²) >= 11 is 1.24. The van der Waals surface area contributed by atoms with E-state index in [0.29, 0.717) is 18.0 Å². The van der Waals surface area contributed by atoms with Gasteiger partial charge in [0.15, 0.2) is 0 Å². The zero-order valence-corrected chi connectivity index (χ0v) is 15.9. The van der Waals surface area contributed by atoms with Gasteiger partial charge in [-0.1, -0.05) is 25.7 Å². The maximum Gasteiger partial charge on any atom is 0.265 e. The second-order valence-electron chi connectivity index (χ2n) is 6.79. The van der Waals surface area contributed by atoms with Crippen LogP contribution in [0.15, 0.2) is 16.3 Å². The fourth-order valence-corrected chi connectivity index (χ4v) is 6.59. The molecule has 0 unspecified atom stereocenters. The van der Waals surface area contributed by atoms with Gasteiger partial charge in [-0.3, -0.25) is 4.79 Å². The molecule has 1 aromatic rings. The van der Waals surface area contributed by atoms with Gasteiger partial charge >= 0.3 is 0 Å². The van der Waals surface area contributed by atoms with E-state index in [9.17, 15) is 13.2 Å². The molecule has 2 heterocycles. The molecule has 1 aromatic heterocycles. The summed E-state index contributed by atoms with van der Waals surface area (Å²) < 4.78 is 27.4. The van der Waals surface area contributed by atoms with Crippen LogP contribution in [-0.2, 0) is 10.0 Å². The highest BCUT2D eigenvalue weighted by Crippen LogP contribution is 2.30. The average molecular weight is 371 g/mol. The van der Waals surface area contributed by atoms with E-state index in [0.717, 1.165) is 44.9 Å². The smallest absolute Gasteiger partial charge is 0.265 e. The number of nitrogens with zero attached hydrogens (tertiary/aromatic N) is 2. The van der Waals surface area contributed by atoms with Gasteiger partial charge in [0, 0.05) is 26.2 Å². The van der Waals surface area contributed by atoms with Crippen LogP contribution in [-0.4, -0.2) is 49.7 Å². The number of piperidine rings is 1. The fourth-order valence-electron chi connectivity index (χ4n) is 3.70. The van der Waals surface area contributed by atoms with Gasteiger partial charge in [-0.15, -0.1) is 11.3 Å². The maximum atomic E-state index is 12.9. The first-order valence-electron chi connectivity index (χ1n) is 8.86. The van der Waals surface area contributed by atoms with Crippen molar-refractivity contribution in [1.82, 2.24) is 9.21 Å². The Morgan fingerprint density at radius 1 is 1.12 bits per heavy atom. The first-order valence-corrected chi connectivity index (χ1v) is 11.2. The van der Waals surface area contributed by atoms with Crippen LogP contribution in [0.4, 0.5) is 0 Å². The number of carbonyl (C=O) groups is 1. The van der Waals surface area contributed by atoms with Crippen molar-refractivity contribution >= 4 is 27.3 Å². The molecule has 1 saturated heterocycles. The second-order valence-corrected chi connectivity index (χ2v) is 9.61. The van der Waals surface area contributed by atoms with Crippen LogP contribution in [0.1, 0.15) is 61.0 Å². The summed E-state index contributed by atoms with van der Waals surface area (Å²) in [4.78, 5) is 15.2. The summed E-state index contributed by atoms with van der Waals surface area (Å²) in [7, 11) is -1.75. The number of hydrogen-bond acceptors (Lipinski definition) is 4. The van der Waals surface area contributed by atoms with E-state index in [2.05, 4.69) is 0 Å². The molecule has 0 atom stereocenters. The van der Waals surface area contributed by atoms with Crippen molar-refractivity contribution in [2.45, 2.75) is 62.3 Å². The zero-order valence-electron chi connectivity index (χ0n) is 14.2. The molecule has 0 spiro atoms. The molecule has 0 aromatic carbocycles. The van der Waals surface area contributed by atoms with Gasteiger partial charge in [0.1, 0.15) is 9.77 Å². The molecule has 134 valence electrons. The lowest BCUT2D eigenvalue weighted by Gasteiger charge is -2.31. The number of amides is 1. The van der Waals surface area contributed by atoms with Crippen molar-refractivity contribution in [1.29, 1.82) is 0 Å². The molecule has 2 aliphatic rings. The van der Waals surface area contributed by atoms with Crippen molar-refractivity contribution in [3.63, 3.8) is 0 Å². The quantitative estimate of drug-likeness (QED) is 0.817. The van der Waals surface area contributed by atoms with E-state index in [1.54, 1.807) is 16.3 Å². The summed E-state index contributed by atoms with van der Waals surface area (Å²) in [5, 5.41) is 1.72. The monoisotopic (exact) mass is 370 g/mol. The third-order valence-corrected chi connectivity index (χ3v) is 8.17. The first kappa shape index (κ1) is 17.9. The van der Waals surface area contributed by atoms with Crippen molar-refractivity contribution in [2.24, 2.45) is 0 Å². The molecule has 1 aliphatic heterocycles. The number of carbonyl (C=O) groups excluding carboxylic acids is 1. The third kappa shape index (κ3) is 3.53. The summed E-state index contributed by atoms with van der Waals surface area (Å²) in [6, 6.07) is 1.83. The normalized spacial score (nSPS) is 20.9. The first-order chi connectivity index (χ1) is 11.5. The molecular weight excluding hydrogens is 344 g/mol. The predicted molar refractivity (Wildman–Crippen MR) is 95.9 cm³/mol. The molecule has 1 amide bonds. The van der Waals surface area contributed by atoms with Crippen LogP contribution < -0.4 is 0 Å². The topological polar surface area (TPSA) is 57.7 Å². The largest absolute Gasteiger partial charge is 0.338 e. The highest BCUT2D eigenvalue weighted by molar-refractivity contribution is 7.89. The molecule has 2 fully saturated rings. The van der Waals surface area contributed by atoms with E-state index < -0.39 is 10.0 Å². The van der Waals surface area contributed by atoms with Crippen molar-refractivity contribution in [3.05, 3.63) is 16.3 Å². The molecular formula is C17H26N2O3S2.